The maximum absolute atomic E-state index is 12.2. The molecule has 2 aromatic rings. The van der Waals surface area contributed by atoms with Gasteiger partial charge in [0.05, 0.1) is 16.5 Å². The number of aryl methyl sites for hydroxylation is 2. The van der Waals surface area contributed by atoms with E-state index in [1.807, 2.05) is 12.1 Å². The van der Waals surface area contributed by atoms with Gasteiger partial charge >= 0.3 is 0 Å². The second-order valence-corrected chi connectivity index (χ2v) is 7.18. The minimum absolute atomic E-state index is 0.229. The van der Waals surface area contributed by atoms with Gasteiger partial charge in [0, 0.05) is 4.88 Å². The molecule has 0 saturated heterocycles. The molecule has 6 nitrogen and oxygen atoms in total. The lowest BCUT2D eigenvalue weighted by Gasteiger charge is -2.08. The maximum Gasteiger partial charge on any atom is 0.279 e. The first-order chi connectivity index (χ1) is 12.7. The molecule has 1 aliphatic carbocycles. The first kappa shape index (κ1) is 18.0. The van der Waals surface area contributed by atoms with Gasteiger partial charge in [0.2, 0.25) is 0 Å². The Hall–Kier alpha value is -2.85. The molecule has 1 aliphatic rings. The largest absolute Gasteiger partial charge is 0.484 e. The van der Waals surface area contributed by atoms with Crippen LogP contribution in [0.4, 0.5) is 0 Å². The first-order valence-corrected chi connectivity index (χ1v) is 9.31. The van der Waals surface area contributed by atoms with E-state index in [-0.39, 0.29) is 12.5 Å². The molecule has 134 valence electrons. The first-order valence-electron chi connectivity index (χ1n) is 8.49. The SMILES string of the molecule is N#Cc1ccc(OCC(=O)NNC(=O)c2cc3c(s2)CCCCC3)cc1. The van der Waals surface area contributed by atoms with E-state index in [0.717, 1.165) is 25.7 Å². The molecule has 2 amide bonds. The van der Waals surface area contributed by atoms with Crippen molar-refractivity contribution in [1.29, 1.82) is 5.26 Å². The molecule has 0 unspecified atom stereocenters. The molecule has 0 atom stereocenters. The molecule has 2 N–H and O–H groups in total. The standard InChI is InChI=1S/C19H19N3O3S/c20-11-13-6-8-15(9-7-13)25-12-18(23)21-22-19(24)17-10-14-4-2-1-3-5-16(14)26-17/h6-10H,1-5,12H2,(H,21,23)(H,22,24). The third kappa shape index (κ3) is 4.61. The summed E-state index contributed by atoms with van der Waals surface area (Å²) in [5, 5.41) is 8.74. The number of hydrogen-bond donors (Lipinski definition) is 2. The maximum atomic E-state index is 12.2. The van der Waals surface area contributed by atoms with Gasteiger partial charge in [-0.3, -0.25) is 20.4 Å². The van der Waals surface area contributed by atoms with Gasteiger partial charge in [-0.25, -0.2) is 0 Å². The highest BCUT2D eigenvalue weighted by atomic mass is 32.1. The summed E-state index contributed by atoms with van der Waals surface area (Å²) < 4.78 is 5.32. The molecule has 1 heterocycles. The molecular weight excluding hydrogens is 350 g/mol. The Morgan fingerprint density at radius 2 is 1.88 bits per heavy atom. The number of carbonyl (C=O) groups excluding carboxylic acids is 2. The quantitative estimate of drug-likeness (QED) is 0.640. The van der Waals surface area contributed by atoms with Crippen LogP contribution in [0.25, 0.3) is 0 Å². The van der Waals surface area contributed by atoms with Crippen LogP contribution in [0.15, 0.2) is 30.3 Å². The fourth-order valence-electron chi connectivity index (χ4n) is 2.78. The van der Waals surface area contributed by atoms with Crippen LogP contribution < -0.4 is 15.6 Å². The molecule has 0 spiro atoms. The van der Waals surface area contributed by atoms with E-state index in [1.54, 1.807) is 24.3 Å². The summed E-state index contributed by atoms with van der Waals surface area (Å²) in [6, 6.07) is 10.4. The summed E-state index contributed by atoms with van der Waals surface area (Å²) in [6.07, 6.45) is 5.60. The zero-order valence-electron chi connectivity index (χ0n) is 14.2. The van der Waals surface area contributed by atoms with Gasteiger partial charge in [-0.15, -0.1) is 11.3 Å². The lowest BCUT2D eigenvalue weighted by molar-refractivity contribution is -0.123. The lowest BCUT2D eigenvalue weighted by Crippen LogP contribution is -2.43. The number of ether oxygens (including phenoxy) is 1. The van der Waals surface area contributed by atoms with E-state index in [1.165, 1.54) is 28.2 Å². The summed E-state index contributed by atoms with van der Waals surface area (Å²) in [5.74, 6) is -0.289. The van der Waals surface area contributed by atoms with Crippen molar-refractivity contribution >= 4 is 23.2 Å². The average Bonchev–Trinajstić information content (AvgIpc) is 2.95. The van der Waals surface area contributed by atoms with Gasteiger partial charge in [-0.05, 0) is 61.6 Å². The van der Waals surface area contributed by atoms with Crippen molar-refractivity contribution in [2.45, 2.75) is 32.1 Å². The fourth-order valence-corrected chi connectivity index (χ4v) is 3.93. The Morgan fingerprint density at radius 3 is 2.65 bits per heavy atom. The zero-order valence-corrected chi connectivity index (χ0v) is 15.0. The van der Waals surface area contributed by atoms with Gasteiger partial charge in [0.1, 0.15) is 5.75 Å². The van der Waals surface area contributed by atoms with Crippen molar-refractivity contribution in [3.8, 4) is 11.8 Å². The number of thiophene rings is 1. The molecule has 1 aromatic carbocycles. The van der Waals surface area contributed by atoms with Crippen LogP contribution in [0.1, 0.15) is 44.9 Å². The highest BCUT2D eigenvalue weighted by Gasteiger charge is 2.16. The number of hydrogen-bond acceptors (Lipinski definition) is 5. The highest BCUT2D eigenvalue weighted by molar-refractivity contribution is 7.14. The Kier molecular flexibility index (Phi) is 5.87. The van der Waals surface area contributed by atoms with Crippen LogP contribution in [-0.4, -0.2) is 18.4 Å². The van der Waals surface area contributed by atoms with E-state index in [9.17, 15) is 9.59 Å². The molecule has 0 fully saturated rings. The number of benzene rings is 1. The van der Waals surface area contributed by atoms with E-state index in [4.69, 9.17) is 10.00 Å². The number of carbonyl (C=O) groups is 2. The summed E-state index contributed by atoms with van der Waals surface area (Å²) in [7, 11) is 0. The Labute approximate surface area is 155 Å². The number of hydrazine groups is 1. The third-order valence-electron chi connectivity index (χ3n) is 4.14. The summed E-state index contributed by atoms with van der Waals surface area (Å²) in [5.41, 5.74) is 6.56. The zero-order chi connectivity index (χ0) is 18.4. The minimum Gasteiger partial charge on any atom is -0.484 e. The minimum atomic E-state index is -0.458. The van der Waals surface area contributed by atoms with Gasteiger partial charge in [0.15, 0.2) is 6.61 Å². The van der Waals surface area contributed by atoms with Crippen LogP contribution in [0, 0.1) is 11.3 Å². The van der Waals surface area contributed by atoms with Crippen molar-refractivity contribution in [2.24, 2.45) is 0 Å². The lowest BCUT2D eigenvalue weighted by atomic mass is 10.1. The number of nitriles is 1. The van der Waals surface area contributed by atoms with E-state index in [0.29, 0.717) is 16.2 Å². The summed E-state index contributed by atoms with van der Waals surface area (Å²) >= 11 is 1.50. The van der Waals surface area contributed by atoms with Crippen molar-refractivity contribution < 1.29 is 14.3 Å². The van der Waals surface area contributed by atoms with Crippen molar-refractivity contribution in [3.05, 3.63) is 51.2 Å². The predicted molar refractivity (Wildman–Crippen MR) is 97.8 cm³/mol. The number of nitrogens with one attached hydrogen (secondary N) is 2. The Morgan fingerprint density at radius 1 is 1.12 bits per heavy atom. The van der Waals surface area contributed by atoms with Crippen molar-refractivity contribution in [2.75, 3.05) is 6.61 Å². The second kappa shape index (κ2) is 8.50. The summed E-state index contributed by atoms with van der Waals surface area (Å²) in [4.78, 5) is 25.9. The van der Waals surface area contributed by atoms with E-state index in [2.05, 4.69) is 10.9 Å². The molecular formula is C19H19N3O3S. The van der Waals surface area contributed by atoms with Crippen LogP contribution in [0.5, 0.6) is 5.75 Å². The predicted octanol–water partition coefficient (Wildman–Crippen LogP) is 2.73. The van der Waals surface area contributed by atoms with Crippen LogP contribution in [-0.2, 0) is 17.6 Å². The van der Waals surface area contributed by atoms with E-state index >= 15 is 0 Å². The number of rotatable bonds is 4. The molecule has 0 saturated carbocycles. The molecule has 26 heavy (non-hydrogen) atoms. The smallest absolute Gasteiger partial charge is 0.279 e. The molecule has 0 aliphatic heterocycles. The van der Waals surface area contributed by atoms with Crippen LogP contribution >= 0.6 is 11.3 Å². The van der Waals surface area contributed by atoms with Crippen molar-refractivity contribution in [3.63, 3.8) is 0 Å². The summed E-state index contributed by atoms with van der Waals surface area (Å²) in [6.45, 7) is -0.229. The molecule has 3 rings (SSSR count). The fraction of sp³-hybridized carbons (Fsp3) is 0.316. The highest BCUT2D eigenvalue weighted by Crippen LogP contribution is 2.28. The average molecular weight is 369 g/mol. The molecule has 1 aromatic heterocycles. The second-order valence-electron chi connectivity index (χ2n) is 6.05. The van der Waals surface area contributed by atoms with Crippen LogP contribution in [0.2, 0.25) is 0 Å². The normalized spacial score (nSPS) is 13.0. The third-order valence-corrected chi connectivity index (χ3v) is 5.38. The van der Waals surface area contributed by atoms with Crippen LogP contribution in [0.3, 0.4) is 0 Å². The number of nitrogens with zero attached hydrogens (tertiary/aromatic N) is 1. The molecule has 0 bridgehead atoms. The molecule has 0 radical (unpaired) electrons. The molecule has 7 heteroatoms. The van der Waals surface area contributed by atoms with Crippen molar-refractivity contribution in [1.82, 2.24) is 10.9 Å². The monoisotopic (exact) mass is 369 g/mol. The van der Waals surface area contributed by atoms with Gasteiger partial charge < -0.3 is 4.74 Å². The Balaban J connectivity index is 1.46. The van der Waals surface area contributed by atoms with Gasteiger partial charge in [-0.2, -0.15) is 5.26 Å². The van der Waals surface area contributed by atoms with Gasteiger partial charge in [-0.1, -0.05) is 6.42 Å². The van der Waals surface area contributed by atoms with Gasteiger partial charge in [0.25, 0.3) is 11.8 Å². The number of amides is 2. The van der Waals surface area contributed by atoms with E-state index < -0.39 is 5.91 Å². The Bertz CT molecular complexity index is 813. The number of fused-ring (bicyclic) bond motifs is 1. The topological polar surface area (TPSA) is 91.2 Å².